The molecular weight excluding hydrogens is 361 g/mol. The molecule has 124 valence electrons. The summed E-state index contributed by atoms with van der Waals surface area (Å²) in [6, 6.07) is 9.92. The quantitative estimate of drug-likeness (QED) is 0.571. The Morgan fingerprint density at radius 1 is 1.12 bits per heavy atom. The van der Waals surface area contributed by atoms with Crippen LogP contribution in [0.1, 0.15) is 9.67 Å². The van der Waals surface area contributed by atoms with Gasteiger partial charge in [-0.25, -0.2) is 19.3 Å². The van der Waals surface area contributed by atoms with Gasteiger partial charge in [-0.3, -0.25) is 10.1 Å². The van der Waals surface area contributed by atoms with Crippen LogP contribution in [0.3, 0.4) is 0 Å². The smallest absolute Gasteiger partial charge is 0.267 e. The van der Waals surface area contributed by atoms with E-state index in [1.54, 1.807) is 36.5 Å². The van der Waals surface area contributed by atoms with E-state index in [1.165, 1.54) is 28.7 Å². The highest BCUT2D eigenvalue weighted by atomic mass is 32.1. The van der Waals surface area contributed by atoms with Crippen molar-refractivity contribution in [2.75, 3.05) is 11.1 Å². The van der Waals surface area contributed by atoms with Crippen LogP contribution in [-0.2, 0) is 0 Å². The van der Waals surface area contributed by atoms with Crippen molar-refractivity contribution in [1.82, 2.24) is 15.0 Å². The molecule has 4 aromatic rings. The lowest BCUT2D eigenvalue weighted by Gasteiger charge is -1.98. The highest BCUT2D eigenvalue weighted by Gasteiger charge is 2.14. The third kappa shape index (κ3) is 3.06. The Morgan fingerprint density at radius 3 is 2.80 bits per heavy atom. The van der Waals surface area contributed by atoms with Crippen molar-refractivity contribution in [2.24, 2.45) is 0 Å². The molecule has 3 N–H and O–H groups in total. The normalized spacial score (nSPS) is 10.9. The summed E-state index contributed by atoms with van der Waals surface area (Å²) in [5, 5.41) is 3.06. The molecule has 0 atom stereocenters. The van der Waals surface area contributed by atoms with Gasteiger partial charge in [0.2, 0.25) is 5.95 Å². The first-order chi connectivity index (χ1) is 12.1. The molecule has 0 spiro atoms. The zero-order valence-electron chi connectivity index (χ0n) is 12.6. The predicted molar refractivity (Wildman–Crippen MR) is 97.3 cm³/mol. The number of benzene rings is 1. The van der Waals surface area contributed by atoms with Gasteiger partial charge in [0.25, 0.3) is 5.91 Å². The third-order valence-electron chi connectivity index (χ3n) is 3.35. The van der Waals surface area contributed by atoms with Crippen molar-refractivity contribution in [1.29, 1.82) is 0 Å². The number of anilines is 2. The van der Waals surface area contributed by atoms with E-state index >= 15 is 0 Å². The summed E-state index contributed by atoms with van der Waals surface area (Å²) in [5.74, 6) is -0.542. The number of carbonyl (C=O) groups excluding carboxylic acids is 1. The number of hydrogen-bond acceptors (Lipinski definition) is 7. The van der Waals surface area contributed by atoms with Gasteiger partial charge in [-0.05, 0) is 30.3 Å². The number of fused-ring (bicyclic) bond motifs is 1. The Labute approximate surface area is 149 Å². The molecule has 1 aromatic carbocycles. The lowest BCUT2D eigenvalue weighted by Crippen LogP contribution is -2.09. The molecule has 0 aliphatic rings. The highest BCUT2D eigenvalue weighted by Crippen LogP contribution is 2.30. The number of carbonyl (C=O) groups is 1. The van der Waals surface area contributed by atoms with E-state index in [4.69, 9.17) is 5.73 Å². The summed E-state index contributed by atoms with van der Waals surface area (Å²) >= 11 is 2.50. The van der Waals surface area contributed by atoms with Crippen LogP contribution in [0.25, 0.3) is 20.8 Å². The molecule has 0 bridgehead atoms. The number of halogens is 1. The Kier molecular flexibility index (Phi) is 3.86. The maximum atomic E-state index is 13.7. The van der Waals surface area contributed by atoms with E-state index in [2.05, 4.69) is 20.3 Å². The predicted octanol–water partition coefficient (Wildman–Crippen LogP) is 3.79. The monoisotopic (exact) mass is 371 g/mol. The first-order valence-corrected chi connectivity index (χ1v) is 8.78. The third-order valence-corrected chi connectivity index (χ3v) is 5.39. The average Bonchev–Trinajstić information content (AvgIpc) is 3.22. The number of hydrogen-bond donors (Lipinski definition) is 2. The fraction of sp³-hybridized carbons (Fsp3) is 0. The number of thiazole rings is 1. The number of thiophene rings is 1. The number of aromatic nitrogens is 3. The molecule has 0 unspecified atom stereocenters. The van der Waals surface area contributed by atoms with Crippen LogP contribution in [0.5, 0.6) is 0 Å². The molecule has 0 saturated heterocycles. The first kappa shape index (κ1) is 15.6. The van der Waals surface area contributed by atoms with Crippen molar-refractivity contribution >= 4 is 49.9 Å². The van der Waals surface area contributed by atoms with Crippen LogP contribution in [0.15, 0.2) is 42.6 Å². The van der Waals surface area contributed by atoms with Crippen LogP contribution < -0.4 is 11.1 Å². The molecule has 9 heteroatoms. The van der Waals surface area contributed by atoms with Gasteiger partial charge in [0.1, 0.15) is 11.3 Å². The lowest BCUT2D eigenvalue weighted by atomic mass is 10.3. The molecule has 1 amide bonds. The first-order valence-electron chi connectivity index (χ1n) is 7.15. The number of nitrogen functional groups attached to an aromatic ring is 1. The standard InChI is InChI=1S/C16H10FN5OS2/c17-8-2-1-3-11-13(8)21-16(25-11)22-14(23)12-5-4-10(24-12)9-6-7-19-15(18)20-9/h1-7H,(H2,18,19,20)(H,21,22,23). The van der Waals surface area contributed by atoms with Crippen molar-refractivity contribution in [3.05, 3.63) is 53.3 Å². The summed E-state index contributed by atoms with van der Waals surface area (Å²) in [6.45, 7) is 0. The Bertz CT molecular complexity index is 1090. The summed E-state index contributed by atoms with van der Waals surface area (Å²) in [5.41, 5.74) is 6.49. The van der Waals surface area contributed by atoms with Crippen molar-refractivity contribution < 1.29 is 9.18 Å². The molecule has 4 rings (SSSR count). The maximum absolute atomic E-state index is 13.7. The molecule has 0 fully saturated rings. The zero-order valence-corrected chi connectivity index (χ0v) is 14.2. The van der Waals surface area contributed by atoms with Gasteiger partial charge in [-0.1, -0.05) is 17.4 Å². The van der Waals surface area contributed by atoms with Gasteiger partial charge in [0, 0.05) is 6.20 Å². The second kappa shape index (κ2) is 6.19. The molecule has 0 aliphatic heterocycles. The number of amides is 1. The maximum Gasteiger partial charge on any atom is 0.267 e. The number of nitrogens with two attached hydrogens (primary N) is 1. The SMILES string of the molecule is Nc1nccc(-c2ccc(C(=O)Nc3nc4c(F)cccc4s3)s2)n1. The number of nitrogens with zero attached hydrogens (tertiary/aromatic N) is 3. The largest absolute Gasteiger partial charge is 0.368 e. The van der Waals surface area contributed by atoms with Gasteiger partial charge in [-0.2, -0.15) is 0 Å². The molecular formula is C16H10FN5OS2. The summed E-state index contributed by atoms with van der Waals surface area (Å²) < 4.78 is 14.4. The van der Waals surface area contributed by atoms with Crippen LogP contribution in [0, 0.1) is 5.82 Å². The summed E-state index contributed by atoms with van der Waals surface area (Å²) in [6.07, 6.45) is 1.56. The molecule has 0 saturated carbocycles. The average molecular weight is 371 g/mol. The fourth-order valence-corrected chi connectivity index (χ4v) is 3.98. The topological polar surface area (TPSA) is 93.8 Å². The van der Waals surface area contributed by atoms with Crippen LogP contribution in [0.2, 0.25) is 0 Å². The minimum absolute atomic E-state index is 0.174. The Balaban J connectivity index is 1.58. The van der Waals surface area contributed by atoms with E-state index in [0.717, 1.165) is 4.88 Å². The Morgan fingerprint density at radius 2 is 2.00 bits per heavy atom. The second-order valence-corrected chi connectivity index (χ2v) is 7.14. The van der Waals surface area contributed by atoms with Crippen molar-refractivity contribution in [3.63, 3.8) is 0 Å². The molecule has 6 nitrogen and oxygen atoms in total. The van der Waals surface area contributed by atoms with Gasteiger partial charge in [0.05, 0.1) is 20.1 Å². The Hall–Kier alpha value is -2.91. The molecule has 0 radical (unpaired) electrons. The van der Waals surface area contributed by atoms with E-state index in [0.29, 0.717) is 20.4 Å². The van der Waals surface area contributed by atoms with Gasteiger partial charge in [0.15, 0.2) is 5.13 Å². The van der Waals surface area contributed by atoms with Crippen molar-refractivity contribution in [2.45, 2.75) is 0 Å². The van der Waals surface area contributed by atoms with E-state index in [-0.39, 0.29) is 17.4 Å². The van der Waals surface area contributed by atoms with Crippen molar-refractivity contribution in [3.8, 4) is 10.6 Å². The molecule has 25 heavy (non-hydrogen) atoms. The summed E-state index contributed by atoms with van der Waals surface area (Å²) in [4.78, 5) is 25.8. The minimum atomic E-state index is -0.408. The molecule has 0 aliphatic carbocycles. The second-order valence-electron chi connectivity index (χ2n) is 5.02. The zero-order chi connectivity index (χ0) is 17.4. The number of rotatable bonds is 3. The lowest BCUT2D eigenvalue weighted by molar-refractivity contribution is 0.103. The number of nitrogens with one attached hydrogen (secondary N) is 1. The van der Waals surface area contributed by atoms with Gasteiger partial charge < -0.3 is 5.73 Å². The van der Waals surface area contributed by atoms with Crippen LogP contribution in [0.4, 0.5) is 15.5 Å². The van der Waals surface area contributed by atoms with E-state index in [1.807, 2.05) is 0 Å². The number of para-hydroxylation sites is 1. The van der Waals surface area contributed by atoms with E-state index < -0.39 is 5.82 Å². The minimum Gasteiger partial charge on any atom is -0.368 e. The fourth-order valence-electron chi connectivity index (χ4n) is 2.24. The van der Waals surface area contributed by atoms with Crippen LogP contribution in [-0.4, -0.2) is 20.9 Å². The molecule has 3 heterocycles. The van der Waals surface area contributed by atoms with Gasteiger partial charge in [-0.15, -0.1) is 11.3 Å². The van der Waals surface area contributed by atoms with E-state index in [9.17, 15) is 9.18 Å². The van der Waals surface area contributed by atoms with Gasteiger partial charge >= 0.3 is 0 Å². The highest BCUT2D eigenvalue weighted by molar-refractivity contribution is 7.22. The van der Waals surface area contributed by atoms with Crippen LogP contribution >= 0.6 is 22.7 Å². The molecule has 3 aromatic heterocycles. The summed E-state index contributed by atoms with van der Waals surface area (Å²) in [7, 11) is 0.